The van der Waals surface area contributed by atoms with Gasteiger partial charge in [0, 0.05) is 16.5 Å². The Hall–Kier alpha value is -2.78. The predicted octanol–water partition coefficient (Wildman–Crippen LogP) is 7.67. The van der Waals surface area contributed by atoms with E-state index in [4.69, 9.17) is 4.74 Å². The number of esters is 1. The molecule has 0 bridgehead atoms. The third kappa shape index (κ3) is 5.68. The first kappa shape index (κ1) is 22.9. The molecule has 0 radical (unpaired) electrons. The van der Waals surface area contributed by atoms with Gasteiger partial charge in [0.25, 0.3) is 0 Å². The van der Waals surface area contributed by atoms with Gasteiger partial charge in [0.05, 0.1) is 6.61 Å². The first-order chi connectivity index (χ1) is 15.2. The lowest BCUT2D eigenvalue weighted by Gasteiger charge is -2.19. The minimum Gasteiger partial charge on any atom is -0.463 e. The van der Waals surface area contributed by atoms with E-state index in [-0.39, 0.29) is 5.97 Å². The Kier molecular flexibility index (Phi) is 8.54. The highest BCUT2D eigenvalue weighted by molar-refractivity contribution is 7.98. The number of allylic oxidation sites excluding steroid dienone is 2. The number of carbonyl (C=O) groups excluding carboxylic acids is 1. The molecular weight excluding hydrogens is 400 g/mol. The molecule has 3 heteroatoms. The van der Waals surface area contributed by atoms with Gasteiger partial charge >= 0.3 is 5.97 Å². The van der Waals surface area contributed by atoms with Crippen LogP contribution < -0.4 is 0 Å². The number of benzene rings is 3. The molecular formula is C28H30O2S. The van der Waals surface area contributed by atoms with Gasteiger partial charge in [0.1, 0.15) is 0 Å². The van der Waals surface area contributed by atoms with Gasteiger partial charge in [-0.25, -0.2) is 4.79 Å². The zero-order valence-electron chi connectivity index (χ0n) is 18.6. The van der Waals surface area contributed by atoms with Crippen molar-refractivity contribution in [2.24, 2.45) is 0 Å². The predicted molar refractivity (Wildman–Crippen MR) is 133 cm³/mol. The van der Waals surface area contributed by atoms with Crippen molar-refractivity contribution in [3.63, 3.8) is 0 Å². The van der Waals surface area contributed by atoms with Crippen molar-refractivity contribution in [1.29, 1.82) is 0 Å². The van der Waals surface area contributed by atoms with Gasteiger partial charge in [-0.2, -0.15) is 0 Å². The van der Waals surface area contributed by atoms with Gasteiger partial charge < -0.3 is 4.74 Å². The smallest absolute Gasteiger partial charge is 0.330 e. The van der Waals surface area contributed by atoms with Gasteiger partial charge in [-0.1, -0.05) is 87.0 Å². The minimum absolute atomic E-state index is 0.283. The van der Waals surface area contributed by atoms with Crippen molar-refractivity contribution >= 4 is 34.1 Å². The number of fused-ring (bicyclic) bond motifs is 1. The van der Waals surface area contributed by atoms with Crippen LogP contribution >= 0.6 is 11.8 Å². The fraction of sp³-hybridized carbons (Fsp3) is 0.250. The molecule has 160 valence electrons. The summed E-state index contributed by atoms with van der Waals surface area (Å²) in [6.07, 6.45) is 8.32. The van der Waals surface area contributed by atoms with Crippen LogP contribution in [0.2, 0.25) is 0 Å². The van der Waals surface area contributed by atoms with E-state index in [0.717, 1.165) is 30.4 Å². The van der Waals surface area contributed by atoms with Crippen LogP contribution in [0.3, 0.4) is 0 Å². The summed E-state index contributed by atoms with van der Waals surface area (Å²) >= 11 is 1.75. The molecule has 3 aromatic rings. The Morgan fingerprint density at radius 1 is 0.935 bits per heavy atom. The molecule has 3 aromatic carbocycles. The van der Waals surface area contributed by atoms with Crippen molar-refractivity contribution < 1.29 is 9.53 Å². The van der Waals surface area contributed by atoms with E-state index < -0.39 is 0 Å². The van der Waals surface area contributed by atoms with Crippen molar-refractivity contribution in [2.75, 3.05) is 12.9 Å². The highest BCUT2D eigenvalue weighted by atomic mass is 32.2. The topological polar surface area (TPSA) is 26.3 Å². The van der Waals surface area contributed by atoms with Crippen LogP contribution in [0.4, 0.5) is 0 Å². The summed E-state index contributed by atoms with van der Waals surface area (Å²) in [5, 5.41) is 2.43. The standard InChI is InChI=1S/C28H30O2S/c1-4-6-20-30-26(29)19-17-21(5-2)27(23-13-8-7-9-14-23)28-24-15-11-10-12-22(24)16-18-25(28)31-3/h7-19H,4-6,20H2,1-3H3/b19-17+,27-21-. The zero-order chi connectivity index (χ0) is 22.1. The summed E-state index contributed by atoms with van der Waals surface area (Å²) in [5.41, 5.74) is 4.65. The van der Waals surface area contributed by atoms with Gasteiger partial charge in [0.15, 0.2) is 0 Å². The Labute approximate surface area is 190 Å². The van der Waals surface area contributed by atoms with Gasteiger partial charge in [-0.05, 0) is 52.6 Å². The quantitative estimate of drug-likeness (QED) is 0.114. The number of ether oxygens (including phenoxy) is 1. The van der Waals surface area contributed by atoms with E-state index in [2.05, 4.69) is 80.8 Å². The van der Waals surface area contributed by atoms with E-state index in [9.17, 15) is 4.79 Å². The molecule has 0 aliphatic heterocycles. The molecule has 0 unspecified atom stereocenters. The summed E-state index contributed by atoms with van der Waals surface area (Å²) < 4.78 is 5.33. The molecule has 0 heterocycles. The van der Waals surface area contributed by atoms with Crippen LogP contribution in [0, 0.1) is 0 Å². The maximum atomic E-state index is 12.2. The van der Waals surface area contributed by atoms with E-state index in [1.807, 2.05) is 12.1 Å². The molecule has 0 amide bonds. The average molecular weight is 431 g/mol. The van der Waals surface area contributed by atoms with Gasteiger partial charge in [0.2, 0.25) is 0 Å². The minimum atomic E-state index is -0.283. The van der Waals surface area contributed by atoms with Crippen molar-refractivity contribution in [3.05, 3.63) is 95.6 Å². The summed E-state index contributed by atoms with van der Waals surface area (Å²) in [5.74, 6) is -0.283. The highest BCUT2D eigenvalue weighted by Crippen LogP contribution is 2.39. The van der Waals surface area contributed by atoms with E-state index in [1.54, 1.807) is 17.8 Å². The Morgan fingerprint density at radius 2 is 1.68 bits per heavy atom. The fourth-order valence-corrected chi connectivity index (χ4v) is 4.31. The SMILES string of the molecule is CCCCOC(=O)/C=C/C(CC)=C(/c1ccccc1)c1c(SC)ccc2ccccc12. The Balaban J connectivity index is 2.20. The molecule has 0 aromatic heterocycles. The number of hydrogen-bond donors (Lipinski definition) is 0. The molecule has 0 fully saturated rings. The second kappa shape index (κ2) is 11.6. The van der Waals surface area contributed by atoms with Gasteiger partial charge in [-0.15, -0.1) is 11.8 Å². The van der Waals surface area contributed by atoms with Crippen molar-refractivity contribution in [2.45, 2.75) is 38.0 Å². The molecule has 3 rings (SSSR count). The molecule has 0 aliphatic carbocycles. The lowest BCUT2D eigenvalue weighted by molar-refractivity contribution is -0.137. The van der Waals surface area contributed by atoms with Crippen LogP contribution in [0.5, 0.6) is 0 Å². The van der Waals surface area contributed by atoms with Crippen LogP contribution in [0.25, 0.3) is 16.3 Å². The van der Waals surface area contributed by atoms with E-state index >= 15 is 0 Å². The van der Waals surface area contributed by atoms with Crippen LogP contribution in [0.1, 0.15) is 44.2 Å². The van der Waals surface area contributed by atoms with Gasteiger partial charge in [-0.3, -0.25) is 0 Å². The molecule has 0 saturated heterocycles. The maximum absolute atomic E-state index is 12.2. The largest absolute Gasteiger partial charge is 0.463 e. The number of carbonyl (C=O) groups is 1. The zero-order valence-corrected chi connectivity index (χ0v) is 19.4. The molecule has 0 N–H and O–H groups in total. The van der Waals surface area contributed by atoms with Crippen LogP contribution in [0.15, 0.2) is 89.4 Å². The van der Waals surface area contributed by atoms with Crippen LogP contribution in [-0.2, 0) is 9.53 Å². The fourth-order valence-electron chi connectivity index (χ4n) is 3.69. The Morgan fingerprint density at radius 3 is 2.39 bits per heavy atom. The lowest BCUT2D eigenvalue weighted by atomic mass is 9.88. The molecule has 2 nitrogen and oxygen atoms in total. The summed E-state index contributed by atoms with van der Waals surface area (Å²) in [6, 6.07) is 23.3. The average Bonchev–Trinajstić information content (AvgIpc) is 2.82. The highest BCUT2D eigenvalue weighted by Gasteiger charge is 2.17. The van der Waals surface area contributed by atoms with E-state index in [1.165, 1.54) is 26.8 Å². The third-order valence-corrected chi connectivity index (χ3v) is 6.07. The maximum Gasteiger partial charge on any atom is 0.330 e. The second-order valence-electron chi connectivity index (χ2n) is 7.34. The molecule has 31 heavy (non-hydrogen) atoms. The second-order valence-corrected chi connectivity index (χ2v) is 8.19. The van der Waals surface area contributed by atoms with Crippen LogP contribution in [-0.4, -0.2) is 18.8 Å². The summed E-state index contributed by atoms with van der Waals surface area (Å²) in [6.45, 7) is 4.69. The lowest BCUT2D eigenvalue weighted by Crippen LogP contribution is -2.02. The molecule has 0 spiro atoms. The number of unbranched alkanes of at least 4 members (excludes halogenated alkanes) is 1. The number of hydrogen-bond acceptors (Lipinski definition) is 3. The Bertz CT molecular complexity index is 1080. The van der Waals surface area contributed by atoms with Crippen molar-refractivity contribution in [3.8, 4) is 0 Å². The molecule has 0 atom stereocenters. The first-order valence-electron chi connectivity index (χ1n) is 10.9. The van der Waals surface area contributed by atoms with E-state index in [0.29, 0.717) is 6.61 Å². The molecule has 0 aliphatic rings. The third-order valence-electron chi connectivity index (χ3n) is 5.29. The number of thioether (sulfide) groups is 1. The normalized spacial score (nSPS) is 12.2. The van der Waals surface area contributed by atoms with Crippen molar-refractivity contribution in [1.82, 2.24) is 0 Å². The monoisotopic (exact) mass is 430 g/mol. The first-order valence-corrected chi connectivity index (χ1v) is 12.1. The number of rotatable bonds is 9. The summed E-state index contributed by atoms with van der Waals surface area (Å²) in [7, 11) is 0. The summed E-state index contributed by atoms with van der Waals surface area (Å²) in [4.78, 5) is 13.5. The molecule has 0 saturated carbocycles.